The highest BCUT2D eigenvalue weighted by Gasteiger charge is 2.25. The van der Waals surface area contributed by atoms with E-state index < -0.39 is 0 Å². The van der Waals surface area contributed by atoms with Crippen LogP contribution in [0.3, 0.4) is 0 Å². The highest BCUT2D eigenvalue weighted by atomic mass is 16.2. The van der Waals surface area contributed by atoms with Gasteiger partial charge in [0.05, 0.1) is 5.69 Å². The summed E-state index contributed by atoms with van der Waals surface area (Å²) in [6.07, 6.45) is 3.13. The van der Waals surface area contributed by atoms with Crippen LogP contribution in [0.25, 0.3) is 0 Å². The van der Waals surface area contributed by atoms with Gasteiger partial charge in [0.15, 0.2) is 0 Å². The Balaban J connectivity index is 2.05. The van der Waals surface area contributed by atoms with Crippen LogP contribution in [0.15, 0.2) is 16.9 Å². The summed E-state index contributed by atoms with van der Waals surface area (Å²) in [5, 5.41) is 7.08. The molecule has 1 N–H and O–H groups in total. The molecule has 0 radical (unpaired) electrons. The Bertz CT molecular complexity index is 491. The highest BCUT2D eigenvalue weighted by molar-refractivity contribution is 5.75. The van der Waals surface area contributed by atoms with Gasteiger partial charge in [-0.25, -0.2) is 4.68 Å². The van der Waals surface area contributed by atoms with E-state index in [1.807, 2.05) is 13.8 Å². The SMILES string of the molecule is CCC(C)NC(=O)Cn1nc(C2CC2)ccc1=O. The molecule has 1 aliphatic rings. The van der Waals surface area contributed by atoms with E-state index in [1.54, 1.807) is 6.07 Å². The van der Waals surface area contributed by atoms with Crippen molar-refractivity contribution in [3.8, 4) is 0 Å². The predicted molar refractivity (Wildman–Crippen MR) is 68.4 cm³/mol. The fourth-order valence-electron chi connectivity index (χ4n) is 1.73. The lowest BCUT2D eigenvalue weighted by Gasteiger charge is -2.12. The average Bonchev–Trinajstić information content (AvgIpc) is 3.15. The topological polar surface area (TPSA) is 64.0 Å². The molecule has 1 fully saturated rings. The van der Waals surface area contributed by atoms with Crippen LogP contribution >= 0.6 is 0 Å². The van der Waals surface area contributed by atoms with Gasteiger partial charge >= 0.3 is 0 Å². The molecule has 1 atom stereocenters. The minimum Gasteiger partial charge on any atom is -0.352 e. The van der Waals surface area contributed by atoms with Crippen molar-refractivity contribution in [3.63, 3.8) is 0 Å². The van der Waals surface area contributed by atoms with Gasteiger partial charge in [-0.05, 0) is 32.3 Å². The number of rotatable bonds is 5. The molecular formula is C13H19N3O2. The number of nitrogens with one attached hydrogen (secondary N) is 1. The summed E-state index contributed by atoms with van der Waals surface area (Å²) in [7, 11) is 0. The van der Waals surface area contributed by atoms with E-state index in [-0.39, 0.29) is 24.1 Å². The molecule has 0 aromatic carbocycles. The standard InChI is InChI=1S/C13H19N3O2/c1-3-9(2)14-12(17)8-16-13(18)7-6-11(15-16)10-4-5-10/h6-7,9-10H,3-5,8H2,1-2H3,(H,14,17). The lowest BCUT2D eigenvalue weighted by atomic mass is 10.2. The number of hydrogen-bond donors (Lipinski definition) is 1. The maximum absolute atomic E-state index is 11.7. The molecule has 5 heteroatoms. The first kappa shape index (κ1) is 12.8. The quantitative estimate of drug-likeness (QED) is 0.848. The van der Waals surface area contributed by atoms with Crippen LogP contribution in [0.4, 0.5) is 0 Å². The van der Waals surface area contributed by atoms with Gasteiger partial charge in [0.2, 0.25) is 5.91 Å². The minimum atomic E-state index is -0.223. The summed E-state index contributed by atoms with van der Waals surface area (Å²) in [5.41, 5.74) is 0.699. The molecule has 1 unspecified atom stereocenters. The van der Waals surface area contributed by atoms with E-state index in [0.29, 0.717) is 5.92 Å². The van der Waals surface area contributed by atoms with Crippen LogP contribution in [-0.4, -0.2) is 21.7 Å². The van der Waals surface area contributed by atoms with Gasteiger partial charge in [-0.2, -0.15) is 5.10 Å². The van der Waals surface area contributed by atoms with Crippen molar-refractivity contribution < 1.29 is 4.79 Å². The summed E-state index contributed by atoms with van der Waals surface area (Å²) in [4.78, 5) is 23.3. The van der Waals surface area contributed by atoms with Gasteiger partial charge in [-0.1, -0.05) is 6.92 Å². The summed E-state index contributed by atoms with van der Waals surface area (Å²) in [6.45, 7) is 3.95. The Labute approximate surface area is 106 Å². The fraction of sp³-hybridized carbons (Fsp3) is 0.615. The molecule has 98 valence electrons. The van der Waals surface area contributed by atoms with E-state index in [9.17, 15) is 9.59 Å². The van der Waals surface area contributed by atoms with Crippen molar-refractivity contribution in [2.75, 3.05) is 0 Å². The van der Waals surface area contributed by atoms with Gasteiger partial charge in [-0.15, -0.1) is 0 Å². The van der Waals surface area contributed by atoms with Crippen LogP contribution in [-0.2, 0) is 11.3 Å². The zero-order valence-corrected chi connectivity index (χ0v) is 10.8. The molecule has 0 aliphatic heterocycles. The smallest absolute Gasteiger partial charge is 0.267 e. The molecule has 1 saturated carbocycles. The first-order valence-corrected chi connectivity index (χ1v) is 6.47. The molecule has 18 heavy (non-hydrogen) atoms. The lowest BCUT2D eigenvalue weighted by Crippen LogP contribution is -2.38. The normalized spacial score (nSPS) is 16.3. The van der Waals surface area contributed by atoms with Crippen LogP contribution in [0.2, 0.25) is 0 Å². The molecule has 1 aliphatic carbocycles. The molecule has 0 spiro atoms. The zero-order valence-electron chi connectivity index (χ0n) is 10.8. The second kappa shape index (κ2) is 5.33. The third-order valence-electron chi connectivity index (χ3n) is 3.20. The molecule has 0 saturated heterocycles. The van der Waals surface area contributed by atoms with Crippen LogP contribution in [0.5, 0.6) is 0 Å². The summed E-state index contributed by atoms with van der Waals surface area (Å²) >= 11 is 0. The molecule has 1 aromatic rings. The maximum Gasteiger partial charge on any atom is 0.267 e. The van der Waals surface area contributed by atoms with E-state index in [1.165, 1.54) is 10.7 Å². The van der Waals surface area contributed by atoms with Crippen LogP contribution in [0.1, 0.15) is 44.7 Å². The summed E-state index contributed by atoms with van der Waals surface area (Å²) in [5.74, 6) is 0.321. The zero-order chi connectivity index (χ0) is 13.1. The fourth-order valence-corrected chi connectivity index (χ4v) is 1.73. The molecule has 2 rings (SSSR count). The Morgan fingerprint density at radius 2 is 2.28 bits per heavy atom. The number of carbonyl (C=O) groups is 1. The Hall–Kier alpha value is -1.65. The molecule has 5 nitrogen and oxygen atoms in total. The van der Waals surface area contributed by atoms with E-state index >= 15 is 0 Å². The molecule has 1 aromatic heterocycles. The van der Waals surface area contributed by atoms with Crippen LogP contribution < -0.4 is 10.9 Å². The van der Waals surface area contributed by atoms with Gasteiger partial charge < -0.3 is 5.32 Å². The third kappa shape index (κ3) is 3.18. The molecule has 1 heterocycles. The summed E-state index contributed by atoms with van der Waals surface area (Å²) in [6, 6.07) is 3.39. The van der Waals surface area contributed by atoms with Crippen molar-refractivity contribution in [1.29, 1.82) is 0 Å². The first-order valence-electron chi connectivity index (χ1n) is 6.47. The molecular weight excluding hydrogens is 230 g/mol. The number of nitrogens with zero attached hydrogens (tertiary/aromatic N) is 2. The highest BCUT2D eigenvalue weighted by Crippen LogP contribution is 2.38. The number of carbonyl (C=O) groups excluding carboxylic acids is 1. The lowest BCUT2D eigenvalue weighted by molar-refractivity contribution is -0.122. The average molecular weight is 249 g/mol. The van der Waals surface area contributed by atoms with Crippen molar-refractivity contribution in [2.24, 2.45) is 0 Å². The van der Waals surface area contributed by atoms with Crippen molar-refractivity contribution in [1.82, 2.24) is 15.1 Å². The number of aromatic nitrogens is 2. The van der Waals surface area contributed by atoms with Crippen molar-refractivity contribution >= 4 is 5.91 Å². The van der Waals surface area contributed by atoms with E-state index in [4.69, 9.17) is 0 Å². The molecule has 1 amide bonds. The number of hydrogen-bond acceptors (Lipinski definition) is 3. The Kier molecular flexibility index (Phi) is 3.79. The second-order valence-corrected chi connectivity index (χ2v) is 4.91. The third-order valence-corrected chi connectivity index (χ3v) is 3.20. The maximum atomic E-state index is 11.7. The largest absolute Gasteiger partial charge is 0.352 e. The molecule has 0 bridgehead atoms. The van der Waals surface area contributed by atoms with E-state index in [0.717, 1.165) is 25.0 Å². The second-order valence-electron chi connectivity index (χ2n) is 4.91. The minimum absolute atomic E-state index is 0.00370. The predicted octanol–water partition coefficient (Wildman–Crippen LogP) is 1.04. The summed E-state index contributed by atoms with van der Waals surface area (Å²) < 4.78 is 1.26. The Morgan fingerprint density at radius 1 is 1.56 bits per heavy atom. The van der Waals surface area contributed by atoms with Crippen LogP contribution in [0, 0.1) is 0 Å². The van der Waals surface area contributed by atoms with Gasteiger partial charge in [0, 0.05) is 18.0 Å². The van der Waals surface area contributed by atoms with E-state index in [2.05, 4.69) is 10.4 Å². The Morgan fingerprint density at radius 3 is 2.89 bits per heavy atom. The van der Waals surface area contributed by atoms with Gasteiger partial charge in [0.25, 0.3) is 5.56 Å². The number of amides is 1. The van der Waals surface area contributed by atoms with Crippen molar-refractivity contribution in [3.05, 3.63) is 28.2 Å². The van der Waals surface area contributed by atoms with Gasteiger partial charge in [0.1, 0.15) is 6.54 Å². The monoisotopic (exact) mass is 249 g/mol. The van der Waals surface area contributed by atoms with Crippen molar-refractivity contribution in [2.45, 2.75) is 51.6 Å². The first-order chi connectivity index (χ1) is 8.60. The van der Waals surface area contributed by atoms with Gasteiger partial charge in [-0.3, -0.25) is 9.59 Å².